The highest BCUT2D eigenvalue weighted by atomic mass is 31.2. The maximum atomic E-state index is 11.9. The van der Waals surface area contributed by atoms with Gasteiger partial charge in [0.1, 0.15) is 57.2 Å². The maximum absolute atomic E-state index is 11.9. The van der Waals surface area contributed by atoms with E-state index in [9.17, 15) is 25.2 Å². The first-order valence-electron chi connectivity index (χ1n) is 17.8. The summed E-state index contributed by atoms with van der Waals surface area (Å²) in [4.78, 5) is 11.9. The van der Waals surface area contributed by atoms with E-state index in [1.807, 2.05) is 18.2 Å². The monoisotopic (exact) mass is 755 g/mol. The van der Waals surface area contributed by atoms with Crippen molar-refractivity contribution in [2.24, 2.45) is 0 Å². The molecule has 0 saturated carbocycles. The van der Waals surface area contributed by atoms with Gasteiger partial charge in [0, 0.05) is 22.8 Å². The molecule has 0 aliphatic carbocycles. The molecule has 0 aliphatic heterocycles. The smallest absolute Gasteiger partial charge is 0.196 e. The van der Waals surface area contributed by atoms with Crippen LogP contribution in [-0.2, 0) is 0 Å². The van der Waals surface area contributed by atoms with Crippen LogP contribution in [0.4, 0.5) is 0 Å². The predicted octanol–water partition coefficient (Wildman–Crippen LogP) is 9.11. The van der Waals surface area contributed by atoms with E-state index in [2.05, 4.69) is 103 Å². The van der Waals surface area contributed by atoms with Crippen molar-refractivity contribution in [3.8, 4) is 39.9 Å². The first-order valence-corrected chi connectivity index (χ1v) is 19.6. The number of para-hydroxylation sites is 2. The molecule has 0 aromatic heterocycles. The summed E-state index contributed by atoms with van der Waals surface area (Å²) in [6.45, 7) is 0. The standard InChI is InChI=1S/C24H19OP.C13H10O3.C12H10O2/c25-20-16-18-24(19-17-20)26(21-10-4-1-5-11-21,22-12-6-2-7-13-22)23-14-8-3-9-15-23;14-10-6-7-11(12(15)8-10)13(16)9-4-2-1-3-5-9;13-11-7-3-1-5-9(11)10-6-2-4-8-12(10)14/h1-19H;1-8,14-15H;1-8,13-14H/p+1. The molecular weight excluding hydrogens is 716 g/mol. The number of phenols is 5. The molecule has 8 rings (SSSR count). The quantitative estimate of drug-likeness (QED) is 0.0819. The second-order valence-corrected chi connectivity index (χ2v) is 16.0. The van der Waals surface area contributed by atoms with Gasteiger partial charge in [0.25, 0.3) is 0 Å². The molecule has 6 nitrogen and oxygen atoms in total. The molecule has 0 bridgehead atoms. The van der Waals surface area contributed by atoms with Crippen molar-refractivity contribution in [2.75, 3.05) is 0 Å². The molecule has 7 heteroatoms. The van der Waals surface area contributed by atoms with Crippen LogP contribution >= 0.6 is 7.26 Å². The van der Waals surface area contributed by atoms with Crippen molar-refractivity contribution in [3.05, 3.63) is 223 Å². The maximum Gasteiger partial charge on any atom is 0.196 e. The Hall–Kier alpha value is -7.14. The Kier molecular flexibility index (Phi) is 12.6. The number of rotatable bonds is 7. The molecule has 0 radical (unpaired) electrons. The Bertz CT molecular complexity index is 2330. The summed E-state index contributed by atoms with van der Waals surface area (Å²) in [5, 5.41) is 52.8. The van der Waals surface area contributed by atoms with Crippen LogP contribution in [0.5, 0.6) is 28.7 Å². The average Bonchev–Trinajstić information content (AvgIpc) is 3.24. The molecule has 5 N–H and O–H groups in total. The molecule has 276 valence electrons. The van der Waals surface area contributed by atoms with E-state index >= 15 is 0 Å². The van der Waals surface area contributed by atoms with Crippen LogP contribution in [0.3, 0.4) is 0 Å². The number of aromatic hydroxyl groups is 5. The lowest BCUT2D eigenvalue weighted by Gasteiger charge is -2.27. The SMILES string of the molecule is O=C(c1ccccc1)c1ccc(O)cc1O.Oc1ccc([P+](c2ccccc2)(c2ccccc2)c2ccccc2)cc1.Oc1ccccc1-c1ccccc1O. The van der Waals surface area contributed by atoms with Crippen LogP contribution in [0.25, 0.3) is 11.1 Å². The van der Waals surface area contributed by atoms with Gasteiger partial charge in [0.2, 0.25) is 0 Å². The van der Waals surface area contributed by atoms with E-state index in [-0.39, 0.29) is 34.3 Å². The van der Waals surface area contributed by atoms with Gasteiger partial charge in [-0.05, 0) is 84.9 Å². The summed E-state index contributed by atoms with van der Waals surface area (Å²) >= 11 is 0. The number of carbonyl (C=O) groups is 1. The van der Waals surface area contributed by atoms with Crippen molar-refractivity contribution in [1.82, 2.24) is 0 Å². The molecule has 0 fully saturated rings. The molecule has 0 unspecified atom stereocenters. The molecule has 0 saturated heterocycles. The van der Waals surface area contributed by atoms with Gasteiger partial charge in [-0.15, -0.1) is 0 Å². The lowest BCUT2D eigenvalue weighted by Crippen LogP contribution is -2.38. The lowest BCUT2D eigenvalue weighted by molar-refractivity contribution is 0.103. The molecular formula is C49H40O6P+. The summed E-state index contributed by atoms with van der Waals surface area (Å²) in [7, 11) is -2.04. The lowest BCUT2D eigenvalue weighted by atomic mass is 10.0. The Morgan fingerprint density at radius 2 is 0.696 bits per heavy atom. The van der Waals surface area contributed by atoms with E-state index in [0.29, 0.717) is 22.4 Å². The van der Waals surface area contributed by atoms with E-state index in [1.165, 1.54) is 33.4 Å². The van der Waals surface area contributed by atoms with Gasteiger partial charge >= 0.3 is 0 Å². The number of phenolic OH excluding ortho intramolecular Hbond substituents is 5. The summed E-state index contributed by atoms with van der Waals surface area (Å²) < 4.78 is 0. The highest BCUT2D eigenvalue weighted by Gasteiger charge is 2.47. The van der Waals surface area contributed by atoms with Gasteiger partial charge in [-0.3, -0.25) is 4.79 Å². The summed E-state index contributed by atoms with van der Waals surface area (Å²) in [6.07, 6.45) is 0. The topological polar surface area (TPSA) is 118 Å². The molecule has 0 amide bonds. The van der Waals surface area contributed by atoms with E-state index in [1.54, 1.807) is 72.8 Å². The second-order valence-electron chi connectivity index (χ2n) is 12.6. The number of hydrogen-bond acceptors (Lipinski definition) is 6. The Morgan fingerprint density at radius 3 is 1.11 bits per heavy atom. The number of hydrogen-bond donors (Lipinski definition) is 5. The summed E-state index contributed by atoms with van der Waals surface area (Å²) in [6, 6.07) is 66.3. The van der Waals surface area contributed by atoms with E-state index in [0.717, 1.165) is 6.07 Å². The highest BCUT2D eigenvalue weighted by Crippen LogP contribution is 2.54. The van der Waals surface area contributed by atoms with Gasteiger partial charge < -0.3 is 25.5 Å². The first-order chi connectivity index (χ1) is 27.3. The number of ketones is 1. The fraction of sp³-hybridized carbons (Fsp3) is 0. The average molecular weight is 756 g/mol. The normalized spacial score (nSPS) is 10.6. The molecule has 8 aromatic rings. The van der Waals surface area contributed by atoms with Crippen molar-refractivity contribution in [1.29, 1.82) is 0 Å². The molecule has 8 aromatic carbocycles. The Balaban J connectivity index is 0.000000152. The van der Waals surface area contributed by atoms with E-state index in [4.69, 9.17) is 5.11 Å². The van der Waals surface area contributed by atoms with Gasteiger partial charge in [-0.25, -0.2) is 0 Å². The Labute approximate surface area is 326 Å². The van der Waals surface area contributed by atoms with Gasteiger partial charge in [0.05, 0.1) is 5.56 Å². The minimum Gasteiger partial charge on any atom is -0.508 e. The minimum atomic E-state index is -2.04. The third-order valence-corrected chi connectivity index (χ3v) is 13.3. The molecule has 0 spiro atoms. The molecule has 0 heterocycles. The van der Waals surface area contributed by atoms with Crippen molar-refractivity contribution < 1.29 is 30.3 Å². The first kappa shape index (κ1) is 38.6. The predicted molar refractivity (Wildman–Crippen MR) is 228 cm³/mol. The summed E-state index contributed by atoms with van der Waals surface area (Å²) in [5.74, 6) is 0.0955. The zero-order chi connectivity index (χ0) is 39.3. The fourth-order valence-corrected chi connectivity index (χ4v) is 10.6. The number of carbonyl (C=O) groups excluding carboxylic acids is 1. The zero-order valence-corrected chi connectivity index (χ0v) is 31.2. The summed E-state index contributed by atoms with van der Waals surface area (Å²) in [5.41, 5.74) is 1.98. The van der Waals surface area contributed by atoms with Gasteiger partial charge in [-0.2, -0.15) is 0 Å². The third-order valence-electron chi connectivity index (χ3n) is 9.03. The van der Waals surface area contributed by atoms with Crippen LogP contribution in [0.2, 0.25) is 0 Å². The Morgan fingerprint density at radius 1 is 0.339 bits per heavy atom. The van der Waals surface area contributed by atoms with Crippen LogP contribution in [0.1, 0.15) is 15.9 Å². The van der Waals surface area contributed by atoms with Crippen LogP contribution in [0.15, 0.2) is 212 Å². The molecule has 0 aliphatic rings. The number of benzene rings is 8. The van der Waals surface area contributed by atoms with E-state index < -0.39 is 7.26 Å². The van der Waals surface area contributed by atoms with Crippen molar-refractivity contribution in [2.45, 2.75) is 0 Å². The van der Waals surface area contributed by atoms with Crippen LogP contribution in [0, 0.1) is 0 Å². The second kappa shape index (κ2) is 18.3. The van der Waals surface area contributed by atoms with Gasteiger partial charge in [0.15, 0.2) is 5.78 Å². The van der Waals surface area contributed by atoms with Crippen molar-refractivity contribution in [3.63, 3.8) is 0 Å². The molecule has 56 heavy (non-hydrogen) atoms. The van der Waals surface area contributed by atoms with Crippen LogP contribution in [-0.4, -0.2) is 31.3 Å². The minimum absolute atomic E-state index is 0.0675. The van der Waals surface area contributed by atoms with Crippen molar-refractivity contribution >= 4 is 34.3 Å². The fourth-order valence-electron chi connectivity index (χ4n) is 6.39. The van der Waals surface area contributed by atoms with Crippen LogP contribution < -0.4 is 21.2 Å². The van der Waals surface area contributed by atoms with Gasteiger partial charge in [-0.1, -0.05) is 121 Å². The largest absolute Gasteiger partial charge is 0.508 e. The highest BCUT2D eigenvalue weighted by molar-refractivity contribution is 8.01. The third kappa shape index (κ3) is 8.79. The zero-order valence-electron chi connectivity index (χ0n) is 30.3. The molecule has 0 atom stereocenters.